The topological polar surface area (TPSA) is 167 Å². The highest BCUT2D eigenvalue weighted by molar-refractivity contribution is 7.91. The second-order valence-electron chi connectivity index (χ2n) is 8.36. The van der Waals surface area contributed by atoms with Gasteiger partial charge < -0.3 is 20.0 Å². The Labute approximate surface area is 200 Å². The largest absolute Gasteiger partial charge is 0.443 e. The molecule has 0 bridgehead atoms. The van der Waals surface area contributed by atoms with E-state index in [9.17, 15) is 13.2 Å². The van der Waals surface area contributed by atoms with Gasteiger partial charge >= 0.3 is 0 Å². The summed E-state index contributed by atoms with van der Waals surface area (Å²) in [6, 6.07) is 6.63. The molecule has 0 unspecified atom stereocenters. The molecule has 1 fully saturated rings. The summed E-state index contributed by atoms with van der Waals surface area (Å²) in [5.74, 6) is -0.185. The average Bonchev–Trinajstić information content (AvgIpc) is 3.52. The first kappa shape index (κ1) is 22.5. The van der Waals surface area contributed by atoms with Gasteiger partial charge in [-0.05, 0) is 37.0 Å². The third kappa shape index (κ3) is 4.33. The Morgan fingerprint density at radius 1 is 1.31 bits per heavy atom. The molecule has 1 amide bonds. The number of pyridine rings is 2. The Hall–Kier alpha value is -4.24. The van der Waals surface area contributed by atoms with Gasteiger partial charge in [-0.25, -0.2) is 23.4 Å². The highest BCUT2D eigenvalue weighted by atomic mass is 32.2. The fourth-order valence-electron chi connectivity index (χ4n) is 4.19. The summed E-state index contributed by atoms with van der Waals surface area (Å²) in [7, 11) is -2.09. The SMILES string of the molecule is CNC(=O)c1coc(-c2cnc3[nH]ccc3c2NC2CC(CS(=O)(=O)c3cc(C#N)ccn3)C2)n1. The lowest BCUT2D eigenvalue weighted by atomic mass is 9.81. The van der Waals surface area contributed by atoms with Gasteiger partial charge in [0.25, 0.3) is 5.91 Å². The van der Waals surface area contributed by atoms with Crippen LogP contribution in [0.1, 0.15) is 28.9 Å². The number of hydrogen-bond acceptors (Lipinski definition) is 9. The molecule has 0 aliphatic heterocycles. The second kappa shape index (κ2) is 8.84. The van der Waals surface area contributed by atoms with E-state index in [1.165, 1.54) is 31.6 Å². The van der Waals surface area contributed by atoms with Gasteiger partial charge in [-0.2, -0.15) is 5.26 Å². The lowest BCUT2D eigenvalue weighted by Gasteiger charge is -2.36. The van der Waals surface area contributed by atoms with Gasteiger partial charge in [0, 0.05) is 37.1 Å². The van der Waals surface area contributed by atoms with Crippen molar-refractivity contribution < 1.29 is 17.6 Å². The van der Waals surface area contributed by atoms with E-state index in [1.54, 1.807) is 12.4 Å². The smallest absolute Gasteiger partial charge is 0.272 e. The third-order valence-corrected chi connectivity index (χ3v) is 7.77. The Morgan fingerprint density at radius 2 is 2.14 bits per heavy atom. The molecule has 4 aromatic heterocycles. The van der Waals surface area contributed by atoms with E-state index in [0.717, 1.165) is 11.1 Å². The first-order valence-corrected chi connectivity index (χ1v) is 12.5. The van der Waals surface area contributed by atoms with Crippen molar-refractivity contribution in [3.8, 4) is 17.5 Å². The van der Waals surface area contributed by atoms with E-state index in [1.807, 2.05) is 12.1 Å². The van der Waals surface area contributed by atoms with Crippen molar-refractivity contribution in [1.82, 2.24) is 25.3 Å². The van der Waals surface area contributed by atoms with Gasteiger partial charge in [0.2, 0.25) is 5.89 Å². The standard InChI is InChI=1S/C23H21N7O4S/c1-25-22(31)18-11-34-23(30-18)17-10-28-21-16(3-5-27-21)20(17)29-15-6-14(7-15)12-35(32,33)19-8-13(9-24)2-4-26-19/h2-5,8,10-11,14-15H,6-7,12H2,1H3,(H,25,31)(H2,27,28,29). The van der Waals surface area contributed by atoms with Crippen LogP contribution >= 0.6 is 0 Å². The maximum absolute atomic E-state index is 12.8. The number of carbonyl (C=O) groups is 1. The maximum Gasteiger partial charge on any atom is 0.272 e. The lowest BCUT2D eigenvalue weighted by molar-refractivity contribution is 0.0958. The van der Waals surface area contributed by atoms with Crippen molar-refractivity contribution in [3.63, 3.8) is 0 Å². The van der Waals surface area contributed by atoms with Crippen LogP contribution in [-0.2, 0) is 9.84 Å². The summed E-state index contributed by atoms with van der Waals surface area (Å²) < 4.78 is 31.1. The summed E-state index contributed by atoms with van der Waals surface area (Å²) in [6.07, 6.45) is 7.30. The highest BCUT2D eigenvalue weighted by Gasteiger charge is 2.35. The van der Waals surface area contributed by atoms with Crippen LogP contribution in [0.15, 0.2) is 52.5 Å². The van der Waals surface area contributed by atoms with E-state index in [2.05, 4.69) is 30.6 Å². The van der Waals surface area contributed by atoms with Crippen molar-refractivity contribution in [2.75, 3.05) is 18.1 Å². The Balaban J connectivity index is 1.33. The number of nitriles is 1. The summed E-state index contributed by atoms with van der Waals surface area (Å²) in [5.41, 5.74) is 2.44. The molecule has 4 aromatic rings. The number of carbonyl (C=O) groups excluding carboxylic acids is 1. The van der Waals surface area contributed by atoms with Gasteiger partial charge in [-0.3, -0.25) is 4.79 Å². The number of sulfone groups is 1. The number of nitrogens with zero attached hydrogens (tertiary/aromatic N) is 4. The minimum Gasteiger partial charge on any atom is -0.443 e. The number of rotatable bonds is 7. The van der Waals surface area contributed by atoms with Gasteiger partial charge in [0.05, 0.1) is 28.6 Å². The van der Waals surface area contributed by atoms with Crippen LogP contribution in [0.3, 0.4) is 0 Å². The average molecular weight is 492 g/mol. The lowest BCUT2D eigenvalue weighted by Crippen LogP contribution is -2.39. The summed E-state index contributed by atoms with van der Waals surface area (Å²) >= 11 is 0. The molecular weight excluding hydrogens is 470 g/mol. The Kier molecular flexibility index (Phi) is 5.70. The fraction of sp³-hybridized carbons (Fsp3) is 0.261. The Bertz CT molecular complexity index is 1560. The molecule has 0 radical (unpaired) electrons. The number of aromatic nitrogens is 4. The van der Waals surface area contributed by atoms with Crippen molar-refractivity contribution in [1.29, 1.82) is 5.26 Å². The molecule has 1 saturated carbocycles. The van der Waals surface area contributed by atoms with Crippen molar-refractivity contribution in [2.45, 2.75) is 23.9 Å². The molecule has 0 aromatic carbocycles. The first-order valence-electron chi connectivity index (χ1n) is 10.9. The predicted octanol–water partition coefficient (Wildman–Crippen LogP) is 2.51. The molecule has 4 heterocycles. The fourth-order valence-corrected chi connectivity index (χ4v) is 5.79. The zero-order valence-corrected chi connectivity index (χ0v) is 19.5. The highest BCUT2D eigenvalue weighted by Crippen LogP contribution is 2.38. The third-order valence-electron chi connectivity index (χ3n) is 6.00. The van der Waals surface area contributed by atoms with Crippen LogP contribution in [-0.4, -0.2) is 53.1 Å². The molecule has 0 atom stereocenters. The maximum atomic E-state index is 12.8. The molecule has 1 aliphatic rings. The molecule has 35 heavy (non-hydrogen) atoms. The molecule has 178 valence electrons. The summed E-state index contributed by atoms with van der Waals surface area (Å²) in [4.78, 5) is 27.6. The van der Waals surface area contributed by atoms with Gasteiger partial charge in [-0.1, -0.05) is 0 Å². The molecular formula is C23H21N7O4S. The normalized spacial score (nSPS) is 17.5. The number of aromatic amines is 1. The number of oxazole rings is 1. The monoisotopic (exact) mass is 491 g/mol. The van der Waals surface area contributed by atoms with Gasteiger partial charge in [0.15, 0.2) is 20.6 Å². The summed E-state index contributed by atoms with van der Waals surface area (Å²) in [6.45, 7) is 0. The number of nitrogens with one attached hydrogen (secondary N) is 3. The minimum atomic E-state index is -3.60. The number of anilines is 1. The van der Waals surface area contributed by atoms with Crippen LogP contribution in [0.5, 0.6) is 0 Å². The molecule has 0 spiro atoms. The van der Waals surface area contributed by atoms with Crippen LogP contribution < -0.4 is 10.6 Å². The van der Waals surface area contributed by atoms with Crippen LogP contribution in [0, 0.1) is 17.2 Å². The van der Waals surface area contributed by atoms with E-state index in [4.69, 9.17) is 9.68 Å². The van der Waals surface area contributed by atoms with Crippen LogP contribution in [0.2, 0.25) is 0 Å². The number of fused-ring (bicyclic) bond motifs is 1. The molecule has 0 saturated heterocycles. The molecule has 5 rings (SSSR count). The van der Waals surface area contributed by atoms with Crippen LogP contribution in [0.4, 0.5) is 5.69 Å². The number of H-pyrrole nitrogens is 1. The minimum absolute atomic E-state index is 0.0289. The molecule has 1 aliphatic carbocycles. The van der Waals surface area contributed by atoms with E-state index in [-0.39, 0.29) is 45.8 Å². The Morgan fingerprint density at radius 3 is 2.91 bits per heavy atom. The second-order valence-corrected chi connectivity index (χ2v) is 10.3. The quantitative estimate of drug-likeness (QED) is 0.352. The zero-order chi connectivity index (χ0) is 24.6. The van der Waals surface area contributed by atoms with Gasteiger partial charge in [0.1, 0.15) is 11.9 Å². The molecule has 11 nitrogen and oxygen atoms in total. The summed E-state index contributed by atoms with van der Waals surface area (Å²) in [5, 5.41) is 15.8. The van der Waals surface area contributed by atoms with E-state index < -0.39 is 9.84 Å². The van der Waals surface area contributed by atoms with Crippen LogP contribution in [0.25, 0.3) is 22.5 Å². The number of amides is 1. The van der Waals surface area contributed by atoms with Crippen molar-refractivity contribution in [3.05, 3.63) is 54.3 Å². The molecule has 3 N–H and O–H groups in total. The van der Waals surface area contributed by atoms with Crippen molar-refractivity contribution in [2.24, 2.45) is 5.92 Å². The predicted molar refractivity (Wildman–Crippen MR) is 126 cm³/mol. The van der Waals surface area contributed by atoms with E-state index in [0.29, 0.717) is 24.1 Å². The number of hydrogen-bond donors (Lipinski definition) is 3. The van der Waals surface area contributed by atoms with Crippen molar-refractivity contribution >= 4 is 32.5 Å². The van der Waals surface area contributed by atoms with E-state index >= 15 is 0 Å². The van der Waals surface area contributed by atoms with Gasteiger partial charge in [-0.15, -0.1) is 0 Å². The zero-order valence-electron chi connectivity index (χ0n) is 18.6. The first-order chi connectivity index (χ1) is 16.9. The molecule has 12 heteroatoms.